The maximum atomic E-state index is 6.36. The number of hydrogen-bond donors (Lipinski definition) is 0. The maximum Gasteiger partial charge on any atom is 0.213 e. The van der Waals surface area contributed by atoms with Gasteiger partial charge in [-0.15, -0.1) is 0 Å². The number of methoxy groups -OCH3 is 3. The summed E-state index contributed by atoms with van der Waals surface area (Å²) in [7, 11) is 5.03. The van der Waals surface area contributed by atoms with Crippen molar-refractivity contribution in [2.75, 3.05) is 21.3 Å². The van der Waals surface area contributed by atoms with Crippen LogP contribution in [0.4, 0.5) is 0 Å². The van der Waals surface area contributed by atoms with Gasteiger partial charge in [0.2, 0.25) is 5.69 Å². The maximum absolute atomic E-state index is 6.36. The van der Waals surface area contributed by atoms with Crippen LogP contribution in [-0.2, 0) is 19.6 Å². The molecule has 2 heterocycles. The van der Waals surface area contributed by atoms with E-state index in [1.54, 1.807) is 21.3 Å². The predicted molar refractivity (Wildman–Crippen MR) is 128 cm³/mol. The van der Waals surface area contributed by atoms with E-state index in [1.807, 2.05) is 18.2 Å². The van der Waals surface area contributed by atoms with Crippen LogP contribution >= 0.6 is 0 Å². The molecule has 0 spiro atoms. The second-order valence-corrected chi connectivity index (χ2v) is 8.28. The molecule has 5 nitrogen and oxygen atoms in total. The lowest BCUT2D eigenvalue weighted by Crippen LogP contribution is -3.00. The third-order valence-electron chi connectivity index (χ3n) is 6.44. The van der Waals surface area contributed by atoms with E-state index in [4.69, 9.17) is 18.9 Å². The molecule has 1 aliphatic rings. The summed E-state index contributed by atoms with van der Waals surface area (Å²) >= 11 is 0. The standard InChI is InChI=1S/C28H28NO4.BrH/c1-18-7-5-6-8-21(18)17-33-28-23-16-29-12-11-20-14-26(31-3)27(32-4)15-22(20)24(29)13-19(23)9-10-25(28)30-2;/h5-10,13-16H,11-12,17H2,1-4H3;1H/q+1;/p-1. The lowest BCUT2D eigenvalue weighted by Gasteiger charge is -2.19. The number of fused-ring (bicyclic) bond motifs is 4. The first-order valence-corrected chi connectivity index (χ1v) is 11.1. The zero-order valence-corrected chi connectivity index (χ0v) is 21.4. The van der Waals surface area contributed by atoms with Gasteiger partial charge >= 0.3 is 0 Å². The van der Waals surface area contributed by atoms with E-state index in [9.17, 15) is 0 Å². The van der Waals surface area contributed by atoms with Crippen molar-refractivity contribution in [1.29, 1.82) is 0 Å². The van der Waals surface area contributed by atoms with Crippen LogP contribution in [0.5, 0.6) is 23.0 Å². The number of rotatable bonds is 6. The molecule has 0 amide bonds. The van der Waals surface area contributed by atoms with E-state index in [0.29, 0.717) is 6.61 Å². The average molecular weight is 522 g/mol. The lowest BCUT2D eigenvalue weighted by molar-refractivity contribution is -0.686. The summed E-state index contributed by atoms with van der Waals surface area (Å²) in [6, 6.07) is 18.7. The molecule has 1 aliphatic heterocycles. The SMILES string of the molecule is COc1cc2c(cc1OC)-c1cc3ccc(OC)c(OCc4ccccc4C)c3c[n+]1CC2.[Br-]. The van der Waals surface area contributed by atoms with Crippen molar-refractivity contribution < 1.29 is 40.5 Å². The fraction of sp³-hybridized carbons (Fsp3) is 0.250. The molecule has 176 valence electrons. The molecule has 0 aliphatic carbocycles. The van der Waals surface area contributed by atoms with Crippen molar-refractivity contribution >= 4 is 10.8 Å². The van der Waals surface area contributed by atoms with Gasteiger partial charge in [0.1, 0.15) is 6.61 Å². The molecule has 0 bridgehead atoms. The highest BCUT2D eigenvalue weighted by molar-refractivity contribution is 5.91. The van der Waals surface area contributed by atoms with Gasteiger partial charge in [-0.2, -0.15) is 4.57 Å². The van der Waals surface area contributed by atoms with Gasteiger partial charge in [-0.25, -0.2) is 0 Å². The number of benzene rings is 3. The fourth-order valence-electron chi connectivity index (χ4n) is 4.57. The first kappa shape index (κ1) is 23.9. The zero-order chi connectivity index (χ0) is 22.9. The topological polar surface area (TPSA) is 40.8 Å². The van der Waals surface area contributed by atoms with Crippen LogP contribution in [0.15, 0.2) is 60.8 Å². The normalized spacial score (nSPS) is 11.8. The quantitative estimate of drug-likeness (QED) is 0.365. The van der Waals surface area contributed by atoms with Gasteiger partial charge in [-0.05, 0) is 53.3 Å². The minimum absolute atomic E-state index is 0. The molecule has 0 saturated carbocycles. The van der Waals surface area contributed by atoms with Crippen molar-refractivity contribution in [2.24, 2.45) is 0 Å². The van der Waals surface area contributed by atoms with E-state index < -0.39 is 0 Å². The molecular weight excluding hydrogens is 494 g/mol. The highest BCUT2D eigenvalue weighted by Gasteiger charge is 2.27. The van der Waals surface area contributed by atoms with E-state index >= 15 is 0 Å². The first-order chi connectivity index (χ1) is 16.1. The van der Waals surface area contributed by atoms with Crippen molar-refractivity contribution in [3.8, 4) is 34.3 Å². The Labute approximate surface area is 210 Å². The van der Waals surface area contributed by atoms with E-state index in [2.05, 4.69) is 54.1 Å². The minimum atomic E-state index is 0. The molecule has 0 saturated heterocycles. The zero-order valence-electron chi connectivity index (χ0n) is 19.9. The Hall–Kier alpha value is -3.25. The average Bonchev–Trinajstić information content (AvgIpc) is 2.85. The third-order valence-corrected chi connectivity index (χ3v) is 6.44. The molecule has 6 heteroatoms. The number of ether oxygens (including phenoxy) is 4. The van der Waals surface area contributed by atoms with Gasteiger partial charge in [0, 0.05) is 12.5 Å². The number of aryl methyl sites for hydroxylation is 3. The highest BCUT2D eigenvalue weighted by atomic mass is 79.9. The van der Waals surface area contributed by atoms with Crippen molar-refractivity contribution in [3.05, 3.63) is 77.5 Å². The first-order valence-electron chi connectivity index (χ1n) is 11.1. The van der Waals surface area contributed by atoms with Gasteiger partial charge in [-0.3, -0.25) is 0 Å². The van der Waals surface area contributed by atoms with Gasteiger partial charge in [0.05, 0.1) is 32.3 Å². The van der Waals surface area contributed by atoms with Crippen LogP contribution in [0.2, 0.25) is 0 Å². The summed E-state index contributed by atoms with van der Waals surface area (Å²) in [6.07, 6.45) is 3.10. The highest BCUT2D eigenvalue weighted by Crippen LogP contribution is 2.40. The van der Waals surface area contributed by atoms with Crippen molar-refractivity contribution in [2.45, 2.75) is 26.5 Å². The number of aromatic nitrogens is 1. The Kier molecular flexibility index (Phi) is 6.98. The smallest absolute Gasteiger partial charge is 0.213 e. The van der Waals surface area contributed by atoms with Gasteiger partial charge in [-0.1, -0.05) is 24.3 Å². The van der Waals surface area contributed by atoms with E-state index in [1.165, 1.54) is 16.7 Å². The summed E-state index contributed by atoms with van der Waals surface area (Å²) < 4.78 is 25.4. The number of hydrogen-bond acceptors (Lipinski definition) is 4. The Morgan fingerprint density at radius 1 is 0.853 bits per heavy atom. The van der Waals surface area contributed by atoms with Gasteiger partial charge < -0.3 is 35.9 Å². The molecule has 0 N–H and O–H groups in total. The fourth-order valence-corrected chi connectivity index (χ4v) is 4.57. The van der Waals surface area contributed by atoms with E-state index in [0.717, 1.165) is 58.0 Å². The molecule has 3 aromatic carbocycles. The summed E-state index contributed by atoms with van der Waals surface area (Å²) in [6.45, 7) is 3.47. The molecule has 0 fully saturated rings. The lowest BCUT2D eigenvalue weighted by atomic mass is 9.95. The van der Waals surface area contributed by atoms with Crippen LogP contribution in [0.3, 0.4) is 0 Å². The largest absolute Gasteiger partial charge is 1.00 e. The molecule has 0 unspecified atom stereocenters. The Morgan fingerprint density at radius 3 is 2.32 bits per heavy atom. The molecule has 0 atom stereocenters. The molecule has 34 heavy (non-hydrogen) atoms. The predicted octanol–water partition coefficient (Wildman–Crippen LogP) is 2.27. The third kappa shape index (κ3) is 4.18. The number of pyridine rings is 1. The molecule has 1 aromatic heterocycles. The van der Waals surface area contributed by atoms with Gasteiger partial charge in [0.15, 0.2) is 35.7 Å². The molecular formula is C28H28BrNO4. The number of halogens is 1. The summed E-state index contributed by atoms with van der Waals surface area (Å²) in [4.78, 5) is 0. The Balaban J connectivity index is 0.00000274. The second kappa shape index (κ2) is 9.94. The summed E-state index contributed by atoms with van der Waals surface area (Å²) in [5.41, 5.74) is 5.96. The van der Waals surface area contributed by atoms with Crippen LogP contribution in [0.25, 0.3) is 22.0 Å². The minimum Gasteiger partial charge on any atom is -1.00 e. The molecule has 0 radical (unpaired) electrons. The van der Waals surface area contributed by atoms with Crippen LogP contribution in [0, 0.1) is 6.92 Å². The molecule has 4 aromatic rings. The monoisotopic (exact) mass is 521 g/mol. The van der Waals surface area contributed by atoms with Gasteiger partial charge in [0.25, 0.3) is 0 Å². The Morgan fingerprint density at radius 2 is 1.59 bits per heavy atom. The van der Waals surface area contributed by atoms with Crippen molar-refractivity contribution in [3.63, 3.8) is 0 Å². The summed E-state index contributed by atoms with van der Waals surface area (Å²) in [5.74, 6) is 3.01. The van der Waals surface area contributed by atoms with E-state index in [-0.39, 0.29) is 17.0 Å². The van der Waals surface area contributed by atoms with Crippen LogP contribution < -0.4 is 40.5 Å². The summed E-state index contributed by atoms with van der Waals surface area (Å²) in [5, 5.41) is 2.14. The number of nitrogens with zero attached hydrogens (tertiary/aromatic N) is 1. The van der Waals surface area contributed by atoms with Crippen LogP contribution in [-0.4, -0.2) is 21.3 Å². The second-order valence-electron chi connectivity index (χ2n) is 8.28. The molecule has 5 rings (SSSR count). The van der Waals surface area contributed by atoms with Crippen molar-refractivity contribution in [1.82, 2.24) is 0 Å². The van der Waals surface area contributed by atoms with Crippen LogP contribution in [0.1, 0.15) is 16.7 Å². The Bertz CT molecular complexity index is 1350.